The van der Waals surface area contributed by atoms with Crippen molar-refractivity contribution in [1.29, 1.82) is 0 Å². The van der Waals surface area contributed by atoms with Gasteiger partial charge < -0.3 is 8.92 Å². The van der Waals surface area contributed by atoms with Gasteiger partial charge in [-0.3, -0.25) is 0 Å². The normalized spacial score (nSPS) is 14.1. The van der Waals surface area contributed by atoms with Crippen molar-refractivity contribution < 1.29 is 35.3 Å². The molecular formula is C18H14F3NO5S. The fourth-order valence-electron chi connectivity index (χ4n) is 2.71. The number of alkyl halides is 3. The van der Waals surface area contributed by atoms with Crippen LogP contribution in [0.25, 0.3) is 17.0 Å². The lowest BCUT2D eigenvalue weighted by Gasteiger charge is -2.19. The van der Waals surface area contributed by atoms with Crippen LogP contribution in [0.4, 0.5) is 13.2 Å². The van der Waals surface area contributed by atoms with Crippen molar-refractivity contribution in [3.63, 3.8) is 0 Å². The number of aryl methyl sites for hydroxylation is 1. The molecule has 28 heavy (non-hydrogen) atoms. The number of pyridine rings is 1. The highest BCUT2D eigenvalue weighted by atomic mass is 32.2. The minimum absolute atomic E-state index is 0.0596. The number of allylic oxidation sites excluding steroid dienone is 1. The first-order chi connectivity index (χ1) is 13.1. The Morgan fingerprint density at radius 2 is 1.93 bits per heavy atom. The number of carbonyl (C=O) groups is 1. The van der Waals surface area contributed by atoms with Crippen molar-refractivity contribution >= 4 is 21.8 Å². The maximum Gasteiger partial charge on any atom is 0.534 e. The van der Waals surface area contributed by atoms with E-state index in [-0.39, 0.29) is 17.0 Å². The van der Waals surface area contributed by atoms with Crippen LogP contribution in [0.1, 0.15) is 28.0 Å². The average Bonchev–Trinajstić information content (AvgIpc) is 2.66. The van der Waals surface area contributed by atoms with Gasteiger partial charge in [0.2, 0.25) is 0 Å². The molecule has 0 N–H and O–H groups in total. The molecule has 1 aromatic carbocycles. The molecule has 2 aromatic rings. The lowest BCUT2D eigenvalue weighted by atomic mass is 9.93. The minimum atomic E-state index is -5.78. The molecule has 0 fully saturated rings. The van der Waals surface area contributed by atoms with Crippen LogP contribution in [0.2, 0.25) is 0 Å². The number of halogens is 3. The van der Waals surface area contributed by atoms with Gasteiger partial charge in [0.25, 0.3) is 0 Å². The monoisotopic (exact) mass is 413 g/mol. The van der Waals surface area contributed by atoms with Gasteiger partial charge in [0.05, 0.1) is 12.8 Å². The van der Waals surface area contributed by atoms with Gasteiger partial charge in [0.1, 0.15) is 11.5 Å². The van der Waals surface area contributed by atoms with Crippen LogP contribution < -0.4 is 0 Å². The number of rotatable bonds is 4. The summed E-state index contributed by atoms with van der Waals surface area (Å²) in [6.07, 6.45) is 2.16. The quantitative estimate of drug-likeness (QED) is 0.432. The number of ether oxygens (including phenoxy) is 1. The molecule has 10 heteroatoms. The molecule has 0 saturated heterocycles. The van der Waals surface area contributed by atoms with Crippen LogP contribution in [0, 0.1) is 0 Å². The summed E-state index contributed by atoms with van der Waals surface area (Å²) >= 11 is 0. The number of hydrogen-bond acceptors (Lipinski definition) is 6. The number of carbonyl (C=O) groups excluding carboxylic acids is 1. The summed E-state index contributed by atoms with van der Waals surface area (Å²) in [7, 11) is -4.57. The van der Waals surface area contributed by atoms with Crippen LogP contribution in [0.3, 0.4) is 0 Å². The zero-order valence-corrected chi connectivity index (χ0v) is 15.3. The van der Waals surface area contributed by atoms with Gasteiger partial charge in [-0.05, 0) is 42.7 Å². The highest BCUT2D eigenvalue weighted by Crippen LogP contribution is 2.35. The molecule has 0 aliphatic heterocycles. The Kier molecular flexibility index (Phi) is 5.16. The van der Waals surface area contributed by atoms with Crippen molar-refractivity contribution in [2.75, 3.05) is 7.11 Å². The van der Waals surface area contributed by atoms with Crippen molar-refractivity contribution in [2.24, 2.45) is 0 Å². The second-order valence-corrected chi connectivity index (χ2v) is 7.40. The first-order valence-corrected chi connectivity index (χ1v) is 9.43. The van der Waals surface area contributed by atoms with Gasteiger partial charge in [0, 0.05) is 11.1 Å². The highest BCUT2D eigenvalue weighted by Gasteiger charge is 2.49. The summed E-state index contributed by atoms with van der Waals surface area (Å²) in [4.78, 5) is 15.8. The van der Waals surface area contributed by atoms with E-state index in [9.17, 15) is 26.4 Å². The van der Waals surface area contributed by atoms with Crippen LogP contribution >= 0.6 is 0 Å². The molecular weight excluding hydrogens is 399 g/mol. The van der Waals surface area contributed by atoms with Crippen molar-refractivity contribution in [2.45, 2.75) is 18.3 Å². The van der Waals surface area contributed by atoms with Crippen LogP contribution in [0.15, 0.2) is 42.5 Å². The molecule has 6 nitrogen and oxygen atoms in total. The number of nitrogens with zero attached hydrogens (tertiary/aromatic N) is 1. The van der Waals surface area contributed by atoms with Gasteiger partial charge in [-0.1, -0.05) is 18.2 Å². The van der Waals surface area contributed by atoms with E-state index in [1.807, 2.05) is 0 Å². The molecule has 0 unspecified atom stereocenters. The van der Waals surface area contributed by atoms with E-state index in [4.69, 9.17) is 0 Å². The SMILES string of the molecule is COC(=O)c1cccc(-c2ccc3c(c2)C(OS(=O)(=O)C(F)(F)F)=CCC3)n1. The van der Waals surface area contributed by atoms with Crippen molar-refractivity contribution in [3.8, 4) is 11.3 Å². The first-order valence-electron chi connectivity index (χ1n) is 8.02. The molecule has 1 aliphatic rings. The predicted octanol–water partition coefficient (Wildman–Crippen LogP) is 3.69. The molecule has 0 atom stereocenters. The number of aromatic nitrogens is 1. The summed E-state index contributed by atoms with van der Waals surface area (Å²) in [6, 6.07) is 9.47. The number of esters is 1. The largest absolute Gasteiger partial charge is 0.534 e. The zero-order valence-electron chi connectivity index (χ0n) is 14.5. The Morgan fingerprint density at radius 1 is 1.18 bits per heavy atom. The predicted molar refractivity (Wildman–Crippen MR) is 93.4 cm³/mol. The maximum atomic E-state index is 12.7. The summed E-state index contributed by atoms with van der Waals surface area (Å²) in [5.41, 5.74) is -3.76. The summed E-state index contributed by atoms with van der Waals surface area (Å²) in [6.45, 7) is 0. The molecule has 0 radical (unpaired) electrons. The first kappa shape index (κ1) is 19.9. The van der Waals surface area contributed by atoms with Gasteiger partial charge >= 0.3 is 21.6 Å². The van der Waals surface area contributed by atoms with E-state index < -0.39 is 21.6 Å². The third kappa shape index (κ3) is 3.86. The topological polar surface area (TPSA) is 82.6 Å². The number of methoxy groups -OCH3 is 1. The van der Waals surface area contributed by atoms with Gasteiger partial charge in [-0.15, -0.1) is 0 Å². The molecule has 3 rings (SSSR count). The maximum absolute atomic E-state index is 12.7. The molecule has 1 aromatic heterocycles. The Morgan fingerprint density at radius 3 is 2.61 bits per heavy atom. The third-order valence-electron chi connectivity index (χ3n) is 4.04. The Bertz CT molecular complexity index is 1060. The van der Waals surface area contributed by atoms with Gasteiger partial charge in [-0.25, -0.2) is 9.78 Å². The number of hydrogen-bond donors (Lipinski definition) is 0. The highest BCUT2D eigenvalue weighted by molar-refractivity contribution is 7.87. The van der Waals surface area contributed by atoms with Gasteiger partial charge in [0.15, 0.2) is 0 Å². The molecule has 0 bridgehead atoms. The lowest BCUT2D eigenvalue weighted by Crippen LogP contribution is -2.25. The Balaban J connectivity index is 2.01. The van der Waals surface area contributed by atoms with E-state index in [2.05, 4.69) is 13.9 Å². The number of benzene rings is 1. The molecule has 148 valence electrons. The van der Waals surface area contributed by atoms with E-state index in [0.717, 1.165) is 0 Å². The Labute approximate surface area is 158 Å². The fraction of sp³-hybridized carbons (Fsp3) is 0.222. The molecule has 0 saturated carbocycles. The summed E-state index contributed by atoms with van der Waals surface area (Å²) in [5.74, 6) is -1.02. The van der Waals surface area contributed by atoms with Crippen LogP contribution in [0.5, 0.6) is 0 Å². The second-order valence-electron chi connectivity index (χ2n) is 5.86. The molecule has 0 amide bonds. The zero-order chi connectivity index (χ0) is 20.5. The number of fused-ring (bicyclic) bond motifs is 1. The van der Waals surface area contributed by atoms with E-state index in [1.54, 1.807) is 24.3 Å². The van der Waals surface area contributed by atoms with E-state index >= 15 is 0 Å². The van der Waals surface area contributed by atoms with E-state index in [0.29, 0.717) is 29.7 Å². The third-order valence-corrected chi connectivity index (χ3v) is 5.01. The van der Waals surface area contributed by atoms with Crippen molar-refractivity contribution in [3.05, 3.63) is 59.3 Å². The standard InChI is InChI=1S/C18H14F3NO5S/c1-26-17(23)15-6-3-5-14(22-15)12-9-8-11-4-2-7-16(13(11)10-12)27-28(24,25)18(19,20)21/h3,5-10H,2,4H2,1H3. The van der Waals surface area contributed by atoms with Crippen LogP contribution in [-0.2, 0) is 25.5 Å². The molecule has 1 heterocycles. The summed E-state index contributed by atoms with van der Waals surface area (Å²) < 4.78 is 69.7. The van der Waals surface area contributed by atoms with E-state index in [1.165, 1.54) is 25.3 Å². The average molecular weight is 413 g/mol. The fourth-order valence-corrected chi connectivity index (χ4v) is 3.20. The second kappa shape index (κ2) is 7.27. The smallest absolute Gasteiger partial charge is 0.464 e. The van der Waals surface area contributed by atoms with Crippen molar-refractivity contribution in [1.82, 2.24) is 4.98 Å². The molecule has 0 spiro atoms. The molecule has 1 aliphatic carbocycles. The van der Waals surface area contributed by atoms with Crippen LogP contribution in [-0.4, -0.2) is 32.0 Å². The minimum Gasteiger partial charge on any atom is -0.464 e. The lowest BCUT2D eigenvalue weighted by molar-refractivity contribution is -0.0509. The van der Waals surface area contributed by atoms with Gasteiger partial charge in [-0.2, -0.15) is 21.6 Å². The summed E-state index contributed by atoms with van der Waals surface area (Å²) in [5, 5.41) is 0. The Hall–Kier alpha value is -2.88.